The molecule has 17 heteroatoms. The standard InChI is InChI=1S/C39H56N8O9/c1-24(2)20-27(43-32(48)22-41-34(50)28-12-6-17-45(28)36(52)26(40)21-25-10-4-3-5-11-25)37(53)46-18-7-13-29(46)35(51)42-23-33(49)44-16-8-14-30(44)38(54)47-19-9-15-31(47)39(55)56/h3-5,10-11,24,26-31H,6-9,12-23,40H2,1-2H3,(H,41,50)(H,42,51)(H,43,48)(H,55,56)/t26-,27-,28-,29-,30-,31-/m0/s1. The van der Waals surface area contributed by atoms with E-state index in [2.05, 4.69) is 16.0 Å². The molecule has 6 atom stereocenters. The van der Waals surface area contributed by atoms with Crippen LogP contribution in [0.4, 0.5) is 0 Å². The van der Waals surface area contributed by atoms with Crippen LogP contribution < -0.4 is 21.7 Å². The van der Waals surface area contributed by atoms with Crippen LogP contribution in [0.25, 0.3) is 0 Å². The highest BCUT2D eigenvalue weighted by molar-refractivity contribution is 5.96. The number of nitrogens with zero attached hydrogens (tertiary/aromatic N) is 4. The number of hydrogen-bond donors (Lipinski definition) is 5. The molecule has 5 rings (SSSR count). The molecule has 0 aliphatic carbocycles. The molecule has 4 aliphatic heterocycles. The fraction of sp³-hybridized carbons (Fsp3) is 0.641. The van der Waals surface area contributed by atoms with Crippen molar-refractivity contribution in [2.24, 2.45) is 11.7 Å². The van der Waals surface area contributed by atoms with Gasteiger partial charge in [-0.3, -0.25) is 33.6 Å². The van der Waals surface area contributed by atoms with Crippen molar-refractivity contribution in [2.75, 3.05) is 39.3 Å². The molecule has 7 amide bonds. The molecular formula is C39H56N8O9. The van der Waals surface area contributed by atoms with Gasteiger partial charge in [0.1, 0.15) is 30.2 Å². The van der Waals surface area contributed by atoms with E-state index in [1.54, 1.807) is 0 Å². The van der Waals surface area contributed by atoms with E-state index in [1.165, 1.54) is 19.6 Å². The largest absolute Gasteiger partial charge is 0.480 e. The lowest BCUT2D eigenvalue weighted by Crippen LogP contribution is -2.56. The average Bonchev–Trinajstić information content (AvgIpc) is 4.01. The Hall–Kier alpha value is -5.06. The lowest BCUT2D eigenvalue weighted by atomic mass is 10.0. The summed E-state index contributed by atoms with van der Waals surface area (Å²) in [5.41, 5.74) is 7.13. The van der Waals surface area contributed by atoms with Crippen molar-refractivity contribution in [3.63, 3.8) is 0 Å². The van der Waals surface area contributed by atoms with Gasteiger partial charge in [0.05, 0.1) is 19.1 Å². The van der Waals surface area contributed by atoms with Gasteiger partial charge in [0, 0.05) is 26.2 Å². The first kappa shape index (κ1) is 42.1. The molecule has 0 radical (unpaired) electrons. The first-order valence-electron chi connectivity index (χ1n) is 19.8. The van der Waals surface area contributed by atoms with Gasteiger partial charge in [-0.2, -0.15) is 0 Å². The molecule has 4 saturated heterocycles. The third kappa shape index (κ3) is 10.2. The minimum Gasteiger partial charge on any atom is -0.480 e. The highest BCUT2D eigenvalue weighted by Gasteiger charge is 2.43. The molecule has 17 nitrogen and oxygen atoms in total. The lowest BCUT2D eigenvalue weighted by molar-refractivity contribution is -0.151. The first-order chi connectivity index (χ1) is 26.8. The number of nitrogens with one attached hydrogen (secondary N) is 3. The van der Waals surface area contributed by atoms with E-state index in [0.717, 1.165) is 5.56 Å². The summed E-state index contributed by atoms with van der Waals surface area (Å²) in [5, 5.41) is 17.5. The number of carboxylic acids is 1. The summed E-state index contributed by atoms with van der Waals surface area (Å²) < 4.78 is 0. The van der Waals surface area contributed by atoms with Gasteiger partial charge in [-0.25, -0.2) is 4.79 Å². The van der Waals surface area contributed by atoms with Crippen LogP contribution in [-0.2, 0) is 44.8 Å². The number of likely N-dealkylation sites (tertiary alicyclic amines) is 4. The summed E-state index contributed by atoms with van der Waals surface area (Å²) in [6, 6.07) is 4.20. The number of carboxylic acid groups (broad SMARTS) is 1. The number of hydrogen-bond acceptors (Lipinski definition) is 9. The maximum atomic E-state index is 13.9. The predicted molar refractivity (Wildman–Crippen MR) is 202 cm³/mol. The molecule has 1 aromatic carbocycles. The molecule has 1 aromatic rings. The Morgan fingerprint density at radius 2 is 1.21 bits per heavy atom. The third-order valence-electron chi connectivity index (χ3n) is 11.1. The topological polar surface area (TPSA) is 232 Å². The van der Waals surface area contributed by atoms with Gasteiger partial charge in [0.2, 0.25) is 41.4 Å². The Bertz CT molecular complexity index is 1640. The molecule has 4 fully saturated rings. The number of rotatable bonds is 15. The second-order valence-electron chi connectivity index (χ2n) is 15.6. The van der Waals surface area contributed by atoms with E-state index < -0.39 is 90.8 Å². The predicted octanol–water partition coefficient (Wildman–Crippen LogP) is -0.632. The van der Waals surface area contributed by atoms with Crippen molar-refractivity contribution in [3.8, 4) is 0 Å². The van der Waals surface area contributed by atoms with Gasteiger partial charge < -0.3 is 46.4 Å². The normalized spacial score (nSPS) is 23.2. The maximum absolute atomic E-state index is 13.9. The number of amides is 7. The summed E-state index contributed by atoms with van der Waals surface area (Å²) in [5.74, 6) is -4.35. The van der Waals surface area contributed by atoms with Crippen LogP contribution in [0.2, 0.25) is 0 Å². The van der Waals surface area contributed by atoms with Gasteiger partial charge in [0.25, 0.3) is 0 Å². The van der Waals surface area contributed by atoms with Gasteiger partial charge in [-0.05, 0) is 75.7 Å². The monoisotopic (exact) mass is 780 g/mol. The Morgan fingerprint density at radius 1 is 0.696 bits per heavy atom. The number of carbonyl (C=O) groups is 8. The van der Waals surface area contributed by atoms with Crippen molar-refractivity contribution >= 4 is 47.3 Å². The van der Waals surface area contributed by atoms with E-state index in [1.807, 2.05) is 44.2 Å². The van der Waals surface area contributed by atoms with Gasteiger partial charge in [-0.15, -0.1) is 0 Å². The molecule has 306 valence electrons. The first-order valence-corrected chi connectivity index (χ1v) is 19.8. The SMILES string of the molecule is CC(C)C[C@H](NC(=O)CNC(=O)[C@@H]1CCCN1C(=O)[C@@H](N)Cc1ccccc1)C(=O)N1CCC[C@H]1C(=O)NCC(=O)N1CCC[C@H]1C(=O)N1CCC[C@H]1C(=O)O. The van der Waals surface area contributed by atoms with Crippen molar-refractivity contribution in [3.05, 3.63) is 35.9 Å². The van der Waals surface area contributed by atoms with Crippen LogP contribution in [0.5, 0.6) is 0 Å². The van der Waals surface area contributed by atoms with Gasteiger partial charge >= 0.3 is 5.97 Å². The molecule has 0 aromatic heterocycles. The van der Waals surface area contributed by atoms with E-state index in [-0.39, 0.29) is 24.8 Å². The molecular weight excluding hydrogens is 724 g/mol. The fourth-order valence-corrected chi connectivity index (χ4v) is 8.38. The van der Waals surface area contributed by atoms with E-state index in [4.69, 9.17) is 5.73 Å². The highest BCUT2D eigenvalue weighted by atomic mass is 16.4. The Labute approximate surface area is 327 Å². The van der Waals surface area contributed by atoms with E-state index >= 15 is 0 Å². The maximum Gasteiger partial charge on any atom is 0.326 e. The van der Waals surface area contributed by atoms with Crippen LogP contribution in [-0.4, -0.2) is 148 Å². The van der Waals surface area contributed by atoms with E-state index in [0.29, 0.717) is 77.4 Å². The molecule has 0 saturated carbocycles. The molecule has 0 spiro atoms. The minimum atomic E-state index is -1.07. The Morgan fingerprint density at radius 3 is 1.80 bits per heavy atom. The number of carbonyl (C=O) groups excluding carboxylic acids is 7. The molecule has 0 unspecified atom stereocenters. The zero-order valence-corrected chi connectivity index (χ0v) is 32.3. The zero-order valence-electron chi connectivity index (χ0n) is 32.3. The van der Waals surface area contributed by atoms with Gasteiger partial charge in [0.15, 0.2) is 0 Å². The van der Waals surface area contributed by atoms with Crippen molar-refractivity contribution in [1.82, 2.24) is 35.6 Å². The summed E-state index contributed by atoms with van der Waals surface area (Å²) in [4.78, 5) is 111. The summed E-state index contributed by atoms with van der Waals surface area (Å²) in [6.45, 7) is 4.25. The lowest BCUT2D eigenvalue weighted by Gasteiger charge is -2.31. The van der Waals surface area contributed by atoms with Gasteiger partial charge in [-0.1, -0.05) is 44.2 Å². The van der Waals surface area contributed by atoms with Crippen LogP contribution >= 0.6 is 0 Å². The smallest absolute Gasteiger partial charge is 0.326 e. The molecule has 6 N–H and O–H groups in total. The average molecular weight is 781 g/mol. The van der Waals surface area contributed by atoms with Crippen molar-refractivity contribution in [1.29, 1.82) is 0 Å². The van der Waals surface area contributed by atoms with Crippen LogP contribution in [0.15, 0.2) is 30.3 Å². The number of nitrogens with two attached hydrogens (primary N) is 1. The molecule has 56 heavy (non-hydrogen) atoms. The second-order valence-corrected chi connectivity index (χ2v) is 15.6. The summed E-state index contributed by atoms with van der Waals surface area (Å²) >= 11 is 0. The van der Waals surface area contributed by atoms with Crippen LogP contribution in [0, 0.1) is 5.92 Å². The fourth-order valence-electron chi connectivity index (χ4n) is 8.38. The Kier molecular flexibility index (Phi) is 14.4. The van der Waals surface area contributed by atoms with Crippen LogP contribution in [0.3, 0.4) is 0 Å². The third-order valence-corrected chi connectivity index (χ3v) is 11.1. The summed E-state index contributed by atoms with van der Waals surface area (Å²) in [7, 11) is 0. The quantitative estimate of drug-likeness (QED) is 0.151. The number of benzene rings is 1. The Balaban J connectivity index is 1.12. The molecule has 4 heterocycles. The molecule has 4 aliphatic rings. The zero-order chi connectivity index (χ0) is 40.5. The van der Waals surface area contributed by atoms with Crippen LogP contribution in [0.1, 0.15) is 77.2 Å². The minimum absolute atomic E-state index is 0.00745. The highest BCUT2D eigenvalue weighted by Crippen LogP contribution is 2.26. The van der Waals surface area contributed by atoms with Crippen molar-refractivity contribution < 1.29 is 43.5 Å². The van der Waals surface area contributed by atoms with E-state index in [9.17, 15) is 43.5 Å². The van der Waals surface area contributed by atoms with Crippen molar-refractivity contribution in [2.45, 2.75) is 114 Å². The summed E-state index contributed by atoms with van der Waals surface area (Å²) in [6.07, 6.45) is 4.44. The second kappa shape index (κ2) is 19.2. The molecule has 0 bridgehead atoms. The number of aliphatic carboxylic acids is 1.